The molecule has 3 aliphatic rings. The van der Waals surface area contributed by atoms with Gasteiger partial charge in [-0.3, -0.25) is 9.59 Å². The summed E-state index contributed by atoms with van der Waals surface area (Å²) in [4.78, 5) is 27.3. The Morgan fingerprint density at radius 3 is 2.61 bits per heavy atom. The zero-order valence-corrected chi connectivity index (χ0v) is 16.4. The number of piperidine rings is 1. The van der Waals surface area contributed by atoms with Gasteiger partial charge in [0.2, 0.25) is 11.8 Å². The second-order valence-electron chi connectivity index (χ2n) is 9.00. The molecule has 5 rings (SSSR count). The number of fused-ring (bicyclic) bond motifs is 1. The third-order valence-electron chi connectivity index (χ3n) is 7.29. The molecular weight excluding hydrogens is 350 g/mol. The minimum atomic E-state index is 0.0905. The van der Waals surface area contributed by atoms with Crippen molar-refractivity contribution in [1.82, 2.24) is 14.8 Å². The second kappa shape index (κ2) is 6.94. The highest BCUT2D eigenvalue weighted by atomic mass is 16.2. The number of hydrogen-bond donors (Lipinski definition) is 1. The summed E-state index contributed by atoms with van der Waals surface area (Å²) in [7, 11) is 0. The van der Waals surface area contributed by atoms with Gasteiger partial charge in [-0.2, -0.15) is 0 Å². The highest BCUT2D eigenvalue weighted by molar-refractivity contribution is 5.83. The number of nitrogens with zero attached hydrogens (tertiary/aromatic N) is 2. The number of rotatable bonds is 4. The summed E-state index contributed by atoms with van der Waals surface area (Å²) in [5.74, 6) is 0.751. The van der Waals surface area contributed by atoms with Crippen LogP contribution in [-0.4, -0.2) is 40.4 Å². The minimum absolute atomic E-state index is 0.0905. The number of aromatic nitrogens is 1. The van der Waals surface area contributed by atoms with Crippen LogP contribution in [0.3, 0.4) is 0 Å². The molecule has 1 N–H and O–H groups in total. The summed E-state index contributed by atoms with van der Waals surface area (Å²) < 4.78 is 2.02. The Kier molecular flexibility index (Phi) is 4.41. The van der Waals surface area contributed by atoms with Crippen molar-refractivity contribution in [2.45, 2.75) is 57.5 Å². The van der Waals surface area contributed by atoms with E-state index in [-0.39, 0.29) is 23.3 Å². The average molecular weight is 380 g/mol. The van der Waals surface area contributed by atoms with Crippen LogP contribution in [0.1, 0.15) is 44.9 Å². The molecule has 5 heteroatoms. The molecule has 1 aliphatic heterocycles. The van der Waals surface area contributed by atoms with E-state index in [0.717, 1.165) is 56.1 Å². The van der Waals surface area contributed by atoms with E-state index >= 15 is 0 Å². The summed E-state index contributed by atoms with van der Waals surface area (Å²) >= 11 is 0. The predicted molar refractivity (Wildman–Crippen MR) is 109 cm³/mol. The molecule has 1 spiro atoms. The molecule has 2 heterocycles. The monoisotopic (exact) mass is 379 g/mol. The van der Waals surface area contributed by atoms with Gasteiger partial charge in [-0.05, 0) is 55.0 Å². The third-order valence-corrected chi connectivity index (χ3v) is 7.29. The maximum absolute atomic E-state index is 12.6. The van der Waals surface area contributed by atoms with Gasteiger partial charge in [-0.15, -0.1) is 0 Å². The first-order chi connectivity index (χ1) is 13.6. The maximum atomic E-state index is 12.6. The topological polar surface area (TPSA) is 54.3 Å². The van der Waals surface area contributed by atoms with Crippen molar-refractivity contribution < 1.29 is 9.59 Å². The quantitative estimate of drug-likeness (QED) is 0.886. The van der Waals surface area contributed by atoms with Crippen LogP contribution >= 0.6 is 0 Å². The van der Waals surface area contributed by atoms with E-state index < -0.39 is 0 Å². The number of likely N-dealkylation sites (tertiary alicyclic amines) is 1. The van der Waals surface area contributed by atoms with Crippen molar-refractivity contribution in [2.24, 2.45) is 11.3 Å². The van der Waals surface area contributed by atoms with E-state index in [1.807, 2.05) is 22.9 Å². The molecule has 0 radical (unpaired) electrons. The van der Waals surface area contributed by atoms with Gasteiger partial charge in [-0.25, -0.2) is 0 Å². The van der Waals surface area contributed by atoms with Crippen molar-refractivity contribution in [1.29, 1.82) is 0 Å². The van der Waals surface area contributed by atoms with Gasteiger partial charge in [0.25, 0.3) is 0 Å². The van der Waals surface area contributed by atoms with Crippen molar-refractivity contribution in [2.75, 3.05) is 13.1 Å². The van der Waals surface area contributed by atoms with Crippen LogP contribution in [0.15, 0.2) is 36.5 Å². The molecule has 2 amide bonds. The molecule has 0 bridgehead atoms. The zero-order chi connectivity index (χ0) is 19.1. The fourth-order valence-corrected chi connectivity index (χ4v) is 5.38. The fraction of sp³-hybridized carbons (Fsp3) is 0.565. The van der Waals surface area contributed by atoms with Gasteiger partial charge in [0, 0.05) is 36.8 Å². The van der Waals surface area contributed by atoms with Gasteiger partial charge in [-0.1, -0.05) is 31.0 Å². The largest absolute Gasteiger partial charge is 0.351 e. The number of hydrogen-bond acceptors (Lipinski definition) is 2. The first-order valence-corrected chi connectivity index (χ1v) is 10.8. The molecule has 2 saturated carbocycles. The standard InChI is InChI=1S/C23H29N3O2/c27-21(16-26-12-9-17-5-3-4-8-19(17)26)24-20-15-23(20)10-13-25(14-11-23)22(28)18-6-1-2-7-18/h3-5,8-9,12,18,20H,1-2,6-7,10-11,13-16H2,(H,24,27). The summed E-state index contributed by atoms with van der Waals surface area (Å²) in [6, 6.07) is 10.5. The Bertz CT molecular complexity index is 888. The van der Waals surface area contributed by atoms with Crippen LogP contribution in [-0.2, 0) is 16.1 Å². The van der Waals surface area contributed by atoms with Crippen molar-refractivity contribution in [3.63, 3.8) is 0 Å². The first-order valence-electron chi connectivity index (χ1n) is 10.8. The van der Waals surface area contributed by atoms with Crippen molar-refractivity contribution >= 4 is 22.7 Å². The van der Waals surface area contributed by atoms with Gasteiger partial charge < -0.3 is 14.8 Å². The van der Waals surface area contributed by atoms with Gasteiger partial charge >= 0.3 is 0 Å². The van der Waals surface area contributed by atoms with Crippen LogP contribution in [0, 0.1) is 11.3 Å². The van der Waals surface area contributed by atoms with Crippen LogP contribution in [0.2, 0.25) is 0 Å². The molecule has 3 fully saturated rings. The lowest BCUT2D eigenvalue weighted by Gasteiger charge is -2.34. The fourth-order valence-electron chi connectivity index (χ4n) is 5.38. The van der Waals surface area contributed by atoms with Crippen molar-refractivity contribution in [3.8, 4) is 0 Å². The summed E-state index contributed by atoms with van der Waals surface area (Å²) in [5.41, 5.74) is 1.34. The molecule has 1 unspecified atom stereocenters. The molecule has 2 aliphatic carbocycles. The lowest BCUT2D eigenvalue weighted by molar-refractivity contribution is -0.137. The summed E-state index contributed by atoms with van der Waals surface area (Å²) in [6.45, 7) is 2.10. The third kappa shape index (κ3) is 3.21. The number of amides is 2. The van der Waals surface area contributed by atoms with Crippen LogP contribution < -0.4 is 5.32 Å². The number of benzene rings is 1. The molecule has 28 heavy (non-hydrogen) atoms. The molecule has 1 saturated heterocycles. The van der Waals surface area contributed by atoms with Crippen LogP contribution in [0.25, 0.3) is 10.9 Å². The molecule has 5 nitrogen and oxygen atoms in total. The van der Waals surface area contributed by atoms with E-state index in [2.05, 4.69) is 28.4 Å². The van der Waals surface area contributed by atoms with E-state index in [4.69, 9.17) is 0 Å². The highest BCUT2D eigenvalue weighted by Gasteiger charge is 2.56. The van der Waals surface area contributed by atoms with Gasteiger partial charge in [0.1, 0.15) is 6.54 Å². The van der Waals surface area contributed by atoms with E-state index in [0.29, 0.717) is 12.5 Å². The van der Waals surface area contributed by atoms with Crippen LogP contribution in [0.5, 0.6) is 0 Å². The smallest absolute Gasteiger partial charge is 0.240 e. The molecular formula is C23H29N3O2. The second-order valence-corrected chi connectivity index (χ2v) is 9.00. The molecule has 1 aromatic heterocycles. The Hall–Kier alpha value is -2.30. The zero-order valence-electron chi connectivity index (χ0n) is 16.4. The number of carbonyl (C=O) groups is 2. The first kappa shape index (κ1) is 17.8. The molecule has 1 atom stereocenters. The molecule has 1 aromatic carbocycles. The van der Waals surface area contributed by atoms with Gasteiger partial charge in [0.05, 0.1) is 0 Å². The average Bonchev–Trinajstić information content (AvgIpc) is 3.12. The Labute approximate surface area is 166 Å². The Morgan fingerprint density at radius 2 is 1.82 bits per heavy atom. The lowest BCUT2D eigenvalue weighted by Crippen LogP contribution is -2.44. The summed E-state index contributed by atoms with van der Waals surface area (Å²) in [6.07, 6.45) is 9.68. The molecule has 148 valence electrons. The van der Waals surface area contributed by atoms with E-state index in [1.54, 1.807) is 0 Å². The summed E-state index contributed by atoms with van der Waals surface area (Å²) in [5, 5.41) is 4.42. The SMILES string of the molecule is O=C(Cn1ccc2ccccc21)NC1CC12CCN(C(=O)C1CCCC1)CC2. The normalized spacial score (nSPS) is 24.0. The van der Waals surface area contributed by atoms with Gasteiger partial charge in [0.15, 0.2) is 0 Å². The van der Waals surface area contributed by atoms with E-state index in [1.165, 1.54) is 12.8 Å². The highest BCUT2D eigenvalue weighted by Crippen LogP contribution is 2.54. The Balaban J connectivity index is 1.13. The number of nitrogens with one attached hydrogen (secondary N) is 1. The number of carbonyl (C=O) groups excluding carboxylic acids is 2. The van der Waals surface area contributed by atoms with E-state index in [9.17, 15) is 9.59 Å². The van der Waals surface area contributed by atoms with Crippen LogP contribution in [0.4, 0.5) is 0 Å². The predicted octanol–water partition coefficient (Wildman–Crippen LogP) is 3.33. The Morgan fingerprint density at radius 1 is 1.07 bits per heavy atom. The number of para-hydroxylation sites is 1. The van der Waals surface area contributed by atoms with Crippen molar-refractivity contribution in [3.05, 3.63) is 36.5 Å². The maximum Gasteiger partial charge on any atom is 0.240 e. The minimum Gasteiger partial charge on any atom is -0.351 e. The molecule has 2 aromatic rings. The lowest BCUT2D eigenvalue weighted by atomic mass is 9.91.